The summed E-state index contributed by atoms with van der Waals surface area (Å²) in [4.78, 5) is 1.44. The zero-order valence-corrected chi connectivity index (χ0v) is 13.7. The summed E-state index contributed by atoms with van der Waals surface area (Å²) in [5.74, 6) is 0. The van der Waals surface area contributed by atoms with Crippen molar-refractivity contribution in [2.45, 2.75) is 78.6 Å². The summed E-state index contributed by atoms with van der Waals surface area (Å²) in [6.45, 7) is 20.5. The van der Waals surface area contributed by atoms with Crippen LogP contribution in [0.5, 0.6) is 0 Å². The molecule has 0 bridgehead atoms. The van der Waals surface area contributed by atoms with E-state index < -0.39 is 0 Å². The summed E-state index contributed by atoms with van der Waals surface area (Å²) in [6.07, 6.45) is 0. The molecular formula is C15H27NS. The van der Waals surface area contributed by atoms with Crippen LogP contribution >= 0.6 is 11.5 Å². The molecule has 0 aromatic carbocycles. The minimum Gasteiger partial charge on any atom is -0.197 e. The van der Waals surface area contributed by atoms with Gasteiger partial charge in [-0.15, -0.1) is 0 Å². The molecule has 1 aromatic heterocycles. The van der Waals surface area contributed by atoms with Gasteiger partial charge in [0.2, 0.25) is 0 Å². The number of rotatable bonds is 0. The van der Waals surface area contributed by atoms with Crippen LogP contribution in [-0.2, 0) is 16.2 Å². The third kappa shape index (κ3) is 3.09. The van der Waals surface area contributed by atoms with Crippen LogP contribution in [0.3, 0.4) is 0 Å². The van der Waals surface area contributed by atoms with E-state index in [1.807, 2.05) is 0 Å². The Balaban J connectivity index is 3.53. The molecule has 0 radical (unpaired) electrons. The second kappa shape index (κ2) is 4.08. The molecule has 17 heavy (non-hydrogen) atoms. The maximum Gasteiger partial charge on any atom is 0.0635 e. The fourth-order valence-electron chi connectivity index (χ4n) is 2.01. The Labute approximate surface area is 111 Å². The van der Waals surface area contributed by atoms with Crippen LogP contribution in [0.4, 0.5) is 0 Å². The van der Waals surface area contributed by atoms with Crippen LogP contribution in [-0.4, -0.2) is 4.37 Å². The molecule has 0 aliphatic carbocycles. The van der Waals surface area contributed by atoms with Crippen molar-refractivity contribution in [1.29, 1.82) is 0 Å². The first-order chi connectivity index (χ1) is 7.35. The lowest BCUT2D eigenvalue weighted by Gasteiger charge is -2.29. The van der Waals surface area contributed by atoms with Crippen LogP contribution in [0.25, 0.3) is 0 Å². The Bertz CT molecular complexity index is 363. The van der Waals surface area contributed by atoms with Gasteiger partial charge in [0.15, 0.2) is 0 Å². The Morgan fingerprint density at radius 3 is 1.47 bits per heavy atom. The average Bonchev–Trinajstić information content (AvgIpc) is 2.42. The molecule has 1 heterocycles. The number of hydrogen-bond acceptors (Lipinski definition) is 2. The molecule has 0 saturated carbocycles. The maximum atomic E-state index is 4.76. The summed E-state index contributed by atoms with van der Waals surface area (Å²) in [5.41, 5.74) is 3.22. The Morgan fingerprint density at radius 1 is 0.706 bits per heavy atom. The van der Waals surface area contributed by atoms with E-state index in [-0.39, 0.29) is 16.2 Å². The van der Waals surface area contributed by atoms with Crippen molar-refractivity contribution in [2.75, 3.05) is 0 Å². The van der Waals surface area contributed by atoms with Gasteiger partial charge in [-0.05, 0) is 27.9 Å². The lowest BCUT2D eigenvalue weighted by molar-refractivity contribution is 0.501. The zero-order chi connectivity index (χ0) is 13.6. The molecule has 0 aliphatic rings. The third-order valence-electron chi connectivity index (χ3n) is 2.83. The summed E-state index contributed by atoms with van der Waals surface area (Å²) >= 11 is 1.69. The van der Waals surface area contributed by atoms with Crippen molar-refractivity contribution < 1.29 is 0 Å². The molecule has 98 valence electrons. The molecule has 0 fully saturated rings. The maximum absolute atomic E-state index is 4.76. The second-order valence-corrected chi connectivity index (χ2v) is 8.76. The number of nitrogens with zero attached hydrogens (tertiary/aromatic N) is 1. The molecule has 1 aromatic rings. The number of hydrogen-bond donors (Lipinski definition) is 0. The molecule has 1 rings (SSSR count). The van der Waals surface area contributed by atoms with Crippen molar-refractivity contribution in [3.05, 3.63) is 16.1 Å². The van der Waals surface area contributed by atoms with Gasteiger partial charge in [0.25, 0.3) is 0 Å². The standard InChI is InChI=1S/C15H27NS/c1-13(2,3)10-11(14(4,5)6)16-17-12(10)15(7,8)9/h1-9H3. The highest BCUT2D eigenvalue weighted by Crippen LogP contribution is 2.42. The lowest BCUT2D eigenvalue weighted by atomic mass is 9.75. The van der Waals surface area contributed by atoms with Gasteiger partial charge in [-0.3, -0.25) is 0 Å². The SMILES string of the molecule is CC(C)(C)c1nsc(C(C)(C)C)c1C(C)(C)C. The first kappa shape index (κ1) is 14.7. The van der Waals surface area contributed by atoms with Crippen LogP contribution in [0.15, 0.2) is 0 Å². The second-order valence-electron chi connectivity index (χ2n) is 7.99. The molecule has 1 nitrogen and oxygen atoms in total. The van der Waals surface area contributed by atoms with Crippen molar-refractivity contribution in [1.82, 2.24) is 4.37 Å². The fourth-order valence-corrected chi connectivity index (χ4v) is 3.33. The van der Waals surface area contributed by atoms with E-state index in [4.69, 9.17) is 4.37 Å². The van der Waals surface area contributed by atoms with Gasteiger partial charge in [0, 0.05) is 10.3 Å². The Morgan fingerprint density at radius 2 is 1.18 bits per heavy atom. The topological polar surface area (TPSA) is 12.9 Å². The largest absolute Gasteiger partial charge is 0.197 e. The fraction of sp³-hybridized carbons (Fsp3) is 0.800. The van der Waals surface area contributed by atoms with Crippen LogP contribution in [0, 0.1) is 0 Å². The summed E-state index contributed by atoms with van der Waals surface area (Å²) in [7, 11) is 0. The molecule has 2 heteroatoms. The highest BCUT2D eigenvalue weighted by molar-refractivity contribution is 7.06. The van der Waals surface area contributed by atoms with Gasteiger partial charge in [-0.2, -0.15) is 4.37 Å². The van der Waals surface area contributed by atoms with E-state index >= 15 is 0 Å². The Kier molecular flexibility index (Phi) is 3.53. The average molecular weight is 253 g/mol. The highest BCUT2D eigenvalue weighted by Gasteiger charge is 2.34. The molecule has 0 saturated heterocycles. The predicted octanol–water partition coefficient (Wildman–Crippen LogP) is 5.04. The highest BCUT2D eigenvalue weighted by atomic mass is 32.1. The lowest BCUT2D eigenvalue weighted by Crippen LogP contribution is -2.25. The minimum absolute atomic E-state index is 0.128. The first-order valence-corrected chi connectivity index (χ1v) is 7.13. The third-order valence-corrected chi connectivity index (χ3v) is 4.11. The van der Waals surface area contributed by atoms with Crippen molar-refractivity contribution >= 4 is 11.5 Å². The van der Waals surface area contributed by atoms with Gasteiger partial charge in [0.1, 0.15) is 0 Å². The Hall–Kier alpha value is -0.370. The smallest absolute Gasteiger partial charge is 0.0635 e. The molecular weight excluding hydrogens is 226 g/mol. The molecule has 0 spiro atoms. The summed E-state index contributed by atoms with van der Waals surface area (Å²) in [6, 6.07) is 0. The van der Waals surface area contributed by atoms with Crippen LogP contribution < -0.4 is 0 Å². The van der Waals surface area contributed by atoms with E-state index in [1.54, 1.807) is 11.5 Å². The predicted molar refractivity (Wildman–Crippen MR) is 78.2 cm³/mol. The molecule has 0 aliphatic heterocycles. The van der Waals surface area contributed by atoms with Gasteiger partial charge in [-0.1, -0.05) is 62.3 Å². The van der Waals surface area contributed by atoms with E-state index in [0.29, 0.717) is 0 Å². The van der Waals surface area contributed by atoms with E-state index in [1.165, 1.54) is 16.1 Å². The summed E-state index contributed by atoms with van der Waals surface area (Å²) in [5, 5.41) is 0. The van der Waals surface area contributed by atoms with E-state index in [9.17, 15) is 0 Å². The van der Waals surface area contributed by atoms with Crippen molar-refractivity contribution in [3.8, 4) is 0 Å². The van der Waals surface area contributed by atoms with E-state index in [0.717, 1.165) is 0 Å². The monoisotopic (exact) mass is 253 g/mol. The van der Waals surface area contributed by atoms with Gasteiger partial charge >= 0.3 is 0 Å². The van der Waals surface area contributed by atoms with Crippen molar-refractivity contribution in [2.24, 2.45) is 0 Å². The van der Waals surface area contributed by atoms with Crippen molar-refractivity contribution in [3.63, 3.8) is 0 Å². The normalized spacial score (nSPS) is 14.2. The number of aromatic nitrogens is 1. The minimum atomic E-state index is 0.128. The van der Waals surface area contributed by atoms with Gasteiger partial charge < -0.3 is 0 Å². The van der Waals surface area contributed by atoms with Crippen LogP contribution in [0.1, 0.15) is 78.4 Å². The quantitative estimate of drug-likeness (QED) is 0.631. The van der Waals surface area contributed by atoms with E-state index in [2.05, 4.69) is 62.3 Å². The van der Waals surface area contributed by atoms with Gasteiger partial charge in [0.05, 0.1) is 5.69 Å². The van der Waals surface area contributed by atoms with Crippen LogP contribution in [0.2, 0.25) is 0 Å². The molecule has 0 N–H and O–H groups in total. The molecule has 0 amide bonds. The zero-order valence-electron chi connectivity index (χ0n) is 12.9. The first-order valence-electron chi connectivity index (χ1n) is 6.36. The summed E-state index contributed by atoms with van der Waals surface area (Å²) < 4.78 is 4.76. The molecule has 0 unspecified atom stereocenters. The van der Waals surface area contributed by atoms with Gasteiger partial charge in [-0.25, -0.2) is 0 Å². The molecule has 0 atom stereocenters.